The van der Waals surface area contributed by atoms with E-state index < -0.39 is 9.84 Å². The first-order valence-electron chi connectivity index (χ1n) is 5.51. The van der Waals surface area contributed by atoms with Crippen LogP contribution in [0, 0.1) is 0 Å². The van der Waals surface area contributed by atoms with Crippen LogP contribution in [0.2, 0.25) is 0 Å². The van der Waals surface area contributed by atoms with Gasteiger partial charge in [0.2, 0.25) is 5.95 Å². The van der Waals surface area contributed by atoms with Crippen molar-refractivity contribution < 1.29 is 8.42 Å². The van der Waals surface area contributed by atoms with Gasteiger partial charge in [0.1, 0.15) is 0 Å². The van der Waals surface area contributed by atoms with E-state index in [9.17, 15) is 8.42 Å². The van der Waals surface area contributed by atoms with Gasteiger partial charge >= 0.3 is 0 Å². The zero-order valence-corrected chi connectivity index (χ0v) is 11.8. The standard InChI is InChI=1S/C10H11BrN4O2S/c11-8-2-1-4-15-9(8)13-10(14-15)12-7-3-5-18(16,17)6-7/h1-2,4,7H,3,5-6H2,(H,12,14). The largest absolute Gasteiger partial charge is 0.349 e. The fourth-order valence-electron chi connectivity index (χ4n) is 2.03. The first-order valence-corrected chi connectivity index (χ1v) is 8.13. The normalized spacial score (nSPS) is 22.4. The number of fused-ring (bicyclic) bond motifs is 1. The fourth-order valence-corrected chi connectivity index (χ4v) is 4.12. The van der Waals surface area contributed by atoms with Crippen molar-refractivity contribution in [2.45, 2.75) is 12.5 Å². The number of rotatable bonds is 2. The molecule has 0 bridgehead atoms. The van der Waals surface area contributed by atoms with Crippen molar-refractivity contribution >= 4 is 37.4 Å². The molecule has 0 amide bonds. The van der Waals surface area contributed by atoms with Crippen LogP contribution in [0.15, 0.2) is 22.8 Å². The van der Waals surface area contributed by atoms with Gasteiger partial charge in [0.25, 0.3) is 0 Å². The molecule has 3 rings (SSSR count). The van der Waals surface area contributed by atoms with Crippen LogP contribution in [0.25, 0.3) is 5.65 Å². The molecule has 0 aromatic carbocycles. The van der Waals surface area contributed by atoms with E-state index in [1.54, 1.807) is 10.7 Å². The Kier molecular flexibility index (Phi) is 2.78. The molecule has 1 aliphatic heterocycles. The van der Waals surface area contributed by atoms with Crippen molar-refractivity contribution in [3.05, 3.63) is 22.8 Å². The molecule has 1 unspecified atom stereocenters. The maximum atomic E-state index is 11.4. The summed E-state index contributed by atoms with van der Waals surface area (Å²) in [6.45, 7) is 0. The summed E-state index contributed by atoms with van der Waals surface area (Å²) in [6.07, 6.45) is 2.41. The van der Waals surface area contributed by atoms with Gasteiger partial charge in [-0.25, -0.2) is 12.9 Å². The molecule has 8 heteroatoms. The van der Waals surface area contributed by atoms with Crippen LogP contribution < -0.4 is 5.32 Å². The molecule has 1 N–H and O–H groups in total. The van der Waals surface area contributed by atoms with E-state index >= 15 is 0 Å². The molecule has 1 saturated heterocycles. The third-order valence-electron chi connectivity index (χ3n) is 2.88. The lowest BCUT2D eigenvalue weighted by Crippen LogP contribution is -2.21. The second-order valence-electron chi connectivity index (χ2n) is 4.30. The quantitative estimate of drug-likeness (QED) is 0.892. The summed E-state index contributed by atoms with van der Waals surface area (Å²) in [5.41, 5.74) is 0.709. The Morgan fingerprint density at radius 1 is 1.50 bits per heavy atom. The predicted octanol–water partition coefficient (Wildman–Crippen LogP) is 1.09. The van der Waals surface area contributed by atoms with Crippen LogP contribution in [0.4, 0.5) is 5.95 Å². The van der Waals surface area contributed by atoms with Crippen molar-refractivity contribution in [2.75, 3.05) is 16.8 Å². The molecule has 1 fully saturated rings. The minimum absolute atomic E-state index is 0.0915. The first kappa shape index (κ1) is 11.9. The maximum absolute atomic E-state index is 11.4. The Morgan fingerprint density at radius 3 is 3.00 bits per heavy atom. The SMILES string of the molecule is O=S1(=O)CCC(Nc2nc3c(Br)cccn3n2)C1. The van der Waals surface area contributed by atoms with Crippen molar-refractivity contribution in [3.63, 3.8) is 0 Å². The van der Waals surface area contributed by atoms with Gasteiger partial charge in [0, 0.05) is 12.2 Å². The van der Waals surface area contributed by atoms with Gasteiger partial charge in [-0.05, 0) is 34.5 Å². The molecule has 1 aliphatic rings. The Hall–Kier alpha value is -1.15. The summed E-state index contributed by atoms with van der Waals surface area (Å²) in [5.74, 6) is 0.856. The van der Waals surface area contributed by atoms with Gasteiger partial charge < -0.3 is 5.32 Å². The Morgan fingerprint density at radius 2 is 2.33 bits per heavy atom. The number of hydrogen-bond donors (Lipinski definition) is 1. The highest BCUT2D eigenvalue weighted by atomic mass is 79.9. The van der Waals surface area contributed by atoms with E-state index in [2.05, 4.69) is 31.3 Å². The molecule has 0 spiro atoms. The van der Waals surface area contributed by atoms with Crippen LogP contribution in [0.1, 0.15) is 6.42 Å². The zero-order chi connectivity index (χ0) is 12.8. The van der Waals surface area contributed by atoms with E-state index in [1.165, 1.54) is 0 Å². The van der Waals surface area contributed by atoms with E-state index in [0.29, 0.717) is 18.0 Å². The number of anilines is 1. The highest BCUT2D eigenvalue weighted by Crippen LogP contribution is 2.19. The minimum Gasteiger partial charge on any atom is -0.349 e. The number of halogens is 1. The van der Waals surface area contributed by atoms with Gasteiger partial charge in [-0.3, -0.25) is 0 Å². The second kappa shape index (κ2) is 4.20. The molecule has 2 aromatic rings. The summed E-state index contributed by atoms with van der Waals surface area (Å²) < 4.78 is 25.2. The van der Waals surface area contributed by atoms with Crippen molar-refractivity contribution in [1.82, 2.24) is 14.6 Å². The van der Waals surface area contributed by atoms with E-state index in [1.807, 2.05) is 12.1 Å². The monoisotopic (exact) mass is 330 g/mol. The lowest BCUT2D eigenvalue weighted by atomic mass is 10.3. The second-order valence-corrected chi connectivity index (χ2v) is 7.39. The number of pyridine rings is 1. The van der Waals surface area contributed by atoms with Crippen molar-refractivity contribution in [3.8, 4) is 0 Å². The summed E-state index contributed by atoms with van der Waals surface area (Å²) in [5, 5.41) is 7.32. The Labute approximate surface area is 112 Å². The molecule has 6 nitrogen and oxygen atoms in total. The lowest BCUT2D eigenvalue weighted by molar-refractivity contribution is 0.602. The van der Waals surface area contributed by atoms with Gasteiger partial charge in [0.15, 0.2) is 15.5 Å². The average molecular weight is 331 g/mol. The Bertz CT molecular complexity index is 697. The molecule has 0 radical (unpaired) electrons. The third kappa shape index (κ3) is 2.22. The molecular weight excluding hydrogens is 320 g/mol. The zero-order valence-electron chi connectivity index (χ0n) is 9.38. The van der Waals surface area contributed by atoms with Gasteiger partial charge in [0.05, 0.1) is 16.0 Å². The minimum atomic E-state index is -2.89. The van der Waals surface area contributed by atoms with Crippen LogP contribution in [-0.4, -0.2) is 40.6 Å². The number of sulfone groups is 1. The molecule has 18 heavy (non-hydrogen) atoms. The van der Waals surface area contributed by atoms with Crippen LogP contribution in [-0.2, 0) is 9.84 Å². The molecule has 2 aromatic heterocycles. The molecule has 1 atom stereocenters. The van der Waals surface area contributed by atoms with E-state index in [4.69, 9.17) is 0 Å². The van der Waals surface area contributed by atoms with Gasteiger partial charge in [-0.2, -0.15) is 4.98 Å². The van der Waals surface area contributed by atoms with Crippen LogP contribution in [0.5, 0.6) is 0 Å². The highest BCUT2D eigenvalue weighted by molar-refractivity contribution is 9.10. The molecule has 3 heterocycles. The predicted molar refractivity (Wildman–Crippen MR) is 71.4 cm³/mol. The molecule has 96 valence electrons. The van der Waals surface area contributed by atoms with Crippen LogP contribution >= 0.6 is 15.9 Å². The number of nitrogens with one attached hydrogen (secondary N) is 1. The Balaban J connectivity index is 1.86. The van der Waals surface area contributed by atoms with Gasteiger partial charge in [-0.1, -0.05) is 0 Å². The van der Waals surface area contributed by atoms with Crippen molar-refractivity contribution in [2.24, 2.45) is 0 Å². The molecule has 0 saturated carbocycles. The number of aromatic nitrogens is 3. The van der Waals surface area contributed by atoms with Crippen LogP contribution in [0.3, 0.4) is 0 Å². The molecule has 0 aliphatic carbocycles. The average Bonchev–Trinajstić information content (AvgIpc) is 2.83. The summed E-state index contributed by atoms with van der Waals surface area (Å²) in [6, 6.07) is 3.65. The smallest absolute Gasteiger partial charge is 0.243 e. The first-order chi connectivity index (χ1) is 8.53. The van der Waals surface area contributed by atoms with Gasteiger partial charge in [-0.15, -0.1) is 5.10 Å². The summed E-state index contributed by atoms with van der Waals surface area (Å²) in [4.78, 5) is 4.32. The van der Waals surface area contributed by atoms with E-state index in [-0.39, 0.29) is 17.5 Å². The topological polar surface area (TPSA) is 76.4 Å². The highest BCUT2D eigenvalue weighted by Gasteiger charge is 2.28. The number of hydrogen-bond acceptors (Lipinski definition) is 5. The maximum Gasteiger partial charge on any atom is 0.243 e. The van der Waals surface area contributed by atoms with Crippen molar-refractivity contribution in [1.29, 1.82) is 0 Å². The summed E-state index contributed by atoms with van der Waals surface area (Å²) >= 11 is 3.39. The summed E-state index contributed by atoms with van der Waals surface area (Å²) in [7, 11) is -2.89. The number of nitrogens with zero attached hydrogens (tertiary/aromatic N) is 3. The third-order valence-corrected chi connectivity index (χ3v) is 5.27. The fraction of sp³-hybridized carbons (Fsp3) is 0.400. The lowest BCUT2D eigenvalue weighted by Gasteiger charge is -2.06. The molecular formula is C10H11BrN4O2S. The van der Waals surface area contributed by atoms with E-state index in [0.717, 1.165) is 4.47 Å².